The van der Waals surface area contributed by atoms with Crippen LogP contribution in [-0.4, -0.2) is 33.7 Å². The second-order valence-electron chi connectivity index (χ2n) is 7.12. The van der Waals surface area contributed by atoms with E-state index >= 15 is 0 Å². The number of aryl methyl sites for hydroxylation is 1. The smallest absolute Gasteiger partial charge is 0.258 e. The molecule has 156 valence electrons. The number of hydrogen-bond donors (Lipinski definition) is 2. The number of rotatable bonds is 9. The summed E-state index contributed by atoms with van der Waals surface area (Å²) in [6, 6.07) is 12.7. The summed E-state index contributed by atoms with van der Waals surface area (Å²) in [5, 5.41) is 3.94. The lowest BCUT2D eigenvalue weighted by atomic mass is 10.0. The van der Waals surface area contributed by atoms with Crippen molar-refractivity contribution in [3.8, 4) is 5.75 Å². The lowest BCUT2D eigenvalue weighted by Crippen LogP contribution is -2.46. The normalized spacial score (nSPS) is 12.9. The summed E-state index contributed by atoms with van der Waals surface area (Å²) in [7, 11) is -2.25. The van der Waals surface area contributed by atoms with Crippen LogP contribution >= 0.6 is 0 Å². The van der Waals surface area contributed by atoms with Gasteiger partial charge in [-0.3, -0.25) is 4.79 Å². The first-order valence-electron chi connectivity index (χ1n) is 9.27. The van der Waals surface area contributed by atoms with Crippen molar-refractivity contribution in [1.82, 2.24) is 10.1 Å². The average Bonchev–Trinajstić information content (AvgIpc) is 2.67. The lowest BCUT2D eigenvalue weighted by molar-refractivity contribution is -0.123. The number of methoxy groups -OCH3 is 1. The predicted octanol–water partition coefficient (Wildman–Crippen LogP) is 2.85. The molecule has 0 heterocycles. The Kier molecular flexibility index (Phi) is 7.92. The molecule has 0 aliphatic rings. The van der Waals surface area contributed by atoms with Crippen molar-refractivity contribution in [2.75, 3.05) is 7.11 Å². The third kappa shape index (κ3) is 6.99. The molecule has 2 aromatic carbocycles. The van der Waals surface area contributed by atoms with E-state index in [1.165, 1.54) is 18.3 Å². The van der Waals surface area contributed by atoms with E-state index in [9.17, 15) is 13.2 Å². The van der Waals surface area contributed by atoms with Crippen LogP contribution in [0.3, 0.4) is 0 Å². The number of ether oxygens (including phenoxy) is 1. The molecule has 29 heavy (non-hydrogen) atoms. The first-order valence-corrected chi connectivity index (χ1v) is 10.8. The standard InChI is InChI=1S/C21H27N3O4S/c1-15(2)13-20(24-29(26,27)19-11-5-16(3)6-12-19)21(25)23-22-14-17-7-9-18(28-4)10-8-17/h5-12,14-15,20,24H,13H2,1-4H3,(H,23,25)/b22-14-/t20-/m0/s1. The number of carbonyl (C=O) groups excluding carboxylic acids is 1. The minimum atomic E-state index is -3.83. The monoisotopic (exact) mass is 417 g/mol. The highest BCUT2D eigenvalue weighted by Crippen LogP contribution is 2.14. The number of nitrogens with zero attached hydrogens (tertiary/aromatic N) is 1. The van der Waals surface area contributed by atoms with Crippen LogP contribution < -0.4 is 14.9 Å². The maximum absolute atomic E-state index is 12.7. The molecule has 7 nitrogen and oxygen atoms in total. The molecular weight excluding hydrogens is 390 g/mol. The van der Waals surface area contributed by atoms with E-state index in [1.807, 2.05) is 20.8 Å². The van der Waals surface area contributed by atoms with Gasteiger partial charge in [-0.25, -0.2) is 13.8 Å². The van der Waals surface area contributed by atoms with Crippen LogP contribution in [0.15, 0.2) is 58.5 Å². The molecule has 0 spiro atoms. The van der Waals surface area contributed by atoms with Crippen LogP contribution in [0.2, 0.25) is 0 Å². The Balaban J connectivity index is 2.08. The Labute approximate surface area is 172 Å². The van der Waals surface area contributed by atoms with Crippen molar-refractivity contribution in [3.63, 3.8) is 0 Å². The van der Waals surface area contributed by atoms with Gasteiger partial charge in [-0.1, -0.05) is 31.5 Å². The number of hydrazone groups is 1. The van der Waals surface area contributed by atoms with E-state index in [0.29, 0.717) is 12.2 Å². The first kappa shape index (κ1) is 22.6. The van der Waals surface area contributed by atoms with E-state index in [-0.39, 0.29) is 10.8 Å². The predicted molar refractivity (Wildman–Crippen MR) is 113 cm³/mol. The summed E-state index contributed by atoms with van der Waals surface area (Å²) in [5.41, 5.74) is 4.14. The van der Waals surface area contributed by atoms with Crippen LogP contribution in [-0.2, 0) is 14.8 Å². The van der Waals surface area contributed by atoms with E-state index in [0.717, 1.165) is 11.1 Å². The molecule has 0 fully saturated rings. The van der Waals surface area contributed by atoms with Gasteiger partial charge in [0.2, 0.25) is 10.0 Å². The summed E-state index contributed by atoms with van der Waals surface area (Å²) in [5.74, 6) is 0.310. The second-order valence-corrected chi connectivity index (χ2v) is 8.84. The van der Waals surface area contributed by atoms with Crippen LogP contribution in [0.5, 0.6) is 5.75 Å². The highest BCUT2D eigenvalue weighted by atomic mass is 32.2. The van der Waals surface area contributed by atoms with Gasteiger partial charge in [-0.15, -0.1) is 0 Å². The molecule has 1 atom stereocenters. The maximum Gasteiger partial charge on any atom is 0.258 e. The fourth-order valence-corrected chi connectivity index (χ4v) is 3.80. The number of benzene rings is 2. The minimum Gasteiger partial charge on any atom is -0.497 e. The van der Waals surface area contributed by atoms with Crippen LogP contribution in [0.25, 0.3) is 0 Å². The van der Waals surface area contributed by atoms with Crippen molar-refractivity contribution < 1.29 is 17.9 Å². The van der Waals surface area contributed by atoms with Gasteiger partial charge in [0, 0.05) is 0 Å². The molecule has 0 saturated carbocycles. The third-order valence-electron chi connectivity index (χ3n) is 4.16. The fraction of sp³-hybridized carbons (Fsp3) is 0.333. The van der Waals surface area contributed by atoms with E-state index < -0.39 is 22.0 Å². The van der Waals surface area contributed by atoms with Gasteiger partial charge in [0.05, 0.1) is 18.2 Å². The summed E-state index contributed by atoms with van der Waals surface area (Å²) in [4.78, 5) is 12.7. The molecule has 8 heteroatoms. The molecule has 0 radical (unpaired) electrons. The molecule has 1 amide bonds. The topological polar surface area (TPSA) is 96.9 Å². The average molecular weight is 418 g/mol. The number of amides is 1. The van der Waals surface area contributed by atoms with Crippen LogP contribution in [0, 0.1) is 12.8 Å². The van der Waals surface area contributed by atoms with Crippen molar-refractivity contribution in [2.24, 2.45) is 11.0 Å². The van der Waals surface area contributed by atoms with Gasteiger partial charge in [0.15, 0.2) is 0 Å². The first-order chi connectivity index (χ1) is 13.7. The van der Waals surface area contributed by atoms with E-state index in [2.05, 4.69) is 15.2 Å². The highest BCUT2D eigenvalue weighted by Gasteiger charge is 2.26. The zero-order chi connectivity index (χ0) is 21.4. The number of hydrogen-bond acceptors (Lipinski definition) is 5. The molecular formula is C21H27N3O4S. The molecule has 0 aliphatic heterocycles. The molecule has 2 N–H and O–H groups in total. The summed E-state index contributed by atoms with van der Waals surface area (Å²) < 4.78 is 32.9. The Morgan fingerprint density at radius 2 is 1.72 bits per heavy atom. The molecule has 2 aromatic rings. The summed E-state index contributed by atoms with van der Waals surface area (Å²) >= 11 is 0. The molecule has 0 aliphatic carbocycles. The van der Waals surface area contributed by atoms with Crippen molar-refractivity contribution in [1.29, 1.82) is 0 Å². The van der Waals surface area contributed by atoms with E-state index in [1.54, 1.807) is 43.5 Å². The molecule has 0 bridgehead atoms. The Morgan fingerprint density at radius 3 is 2.28 bits per heavy atom. The van der Waals surface area contributed by atoms with E-state index in [4.69, 9.17) is 4.74 Å². The Bertz CT molecular complexity index is 937. The third-order valence-corrected chi connectivity index (χ3v) is 5.64. The quantitative estimate of drug-likeness (QED) is 0.484. The van der Waals surface area contributed by atoms with Gasteiger partial charge in [-0.2, -0.15) is 9.82 Å². The Morgan fingerprint density at radius 1 is 1.10 bits per heavy atom. The second kappa shape index (κ2) is 10.2. The van der Waals surface area contributed by atoms with Crippen LogP contribution in [0.1, 0.15) is 31.4 Å². The Hall–Kier alpha value is -2.71. The molecule has 0 saturated heterocycles. The molecule has 0 aromatic heterocycles. The van der Waals surface area contributed by atoms with Gasteiger partial charge in [0.25, 0.3) is 5.91 Å². The van der Waals surface area contributed by atoms with Gasteiger partial charge in [-0.05, 0) is 61.2 Å². The minimum absolute atomic E-state index is 0.108. The highest BCUT2D eigenvalue weighted by molar-refractivity contribution is 7.89. The summed E-state index contributed by atoms with van der Waals surface area (Å²) in [6.07, 6.45) is 1.83. The van der Waals surface area contributed by atoms with Crippen molar-refractivity contribution >= 4 is 22.1 Å². The number of sulfonamides is 1. The summed E-state index contributed by atoms with van der Waals surface area (Å²) in [6.45, 7) is 5.71. The maximum atomic E-state index is 12.7. The van der Waals surface area contributed by atoms with Gasteiger partial charge in [0.1, 0.15) is 11.8 Å². The molecule has 2 rings (SSSR count). The van der Waals surface area contributed by atoms with Gasteiger partial charge >= 0.3 is 0 Å². The zero-order valence-corrected chi connectivity index (χ0v) is 17.9. The van der Waals surface area contributed by atoms with Crippen LogP contribution in [0.4, 0.5) is 0 Å². The molecule has 0 unspecified atom stereocenters. The lowest BCUT2D eigenvalue weighted by Gasteiger charge is -2.19. The zero-order valence-electron chi connectivity index (χ0n) is 17.0. The fourth-order valence-electron chi connectivity index (χ4n) is 2.59. The van der Waals surface area contributed by atoms with Crippen molar-refractivity contribution in [3.05, 3.63) is 59.7 Å². The number of carbonyl (C=O) groups is 1. The van der Waals surface area contributed by atoms with Crippen molar-refractivity contribution in [2.45, 2.75) is 38.1 Å². The SMILES string of the molecule is COc1ccc(/C=N\NC(=O)[C@H](CC(C)C)NS(=O)(=O)c2ccc(C)cc2)cc1. The largest absolute Gasteiger partial charge is 0.497 e. The number of nitrogens with one attached hydrogen (secondary N) is 2. The van der Waals surface area contributed by atoms with Gasteiger partial charge < -0.3 is 4.74 Å².